The van der Waals surface area contributed by atoms with E-state index in [2.05, 4.69) is 0 Å². The molecule has 0 aliphatic heterocycles. The average Bonchev–Trinajstić information content (AvgIpc) is 2.60. The van der Waals surface area contributed by atoms with Gasteiger partial charge in [0.2, 0.25) is 11.8 Å². The van der Waals surface area contributed by atoms with Crippen LogP contribution in [-0.2, 0) is 9.59 Å². The summed E-state index contributed by atoms with van der Waals surface area (Å²) in [6.45, 7) is 4.46. The van der Waals surface area contributed by atoms with Crippen molar-refractivity contribution in [1.29, 1.82) is 0 Å². The van der Waals surface area contributed by atoms with E-state index in [1.807, 2.05) is 50.3 Å². The number of amides is 2. The van der Waals surface area contributed by atoms with Gasteiger partial charge in [0.25, 0.3) is 0 Å². The fourth-order valence-corrected chi connectivity index (χ4v) is 1.64. The lowest BCUT2D eigenvalue weighted by atomic mass is 10.2. The lowest BCUT2D eigenvalue weighted by Gasteiger charge is -2.14. The molecule has 0 unspecified atom stereocenters. The molecule has 0 saturated carbocycles. The van der Waals surface area contributed by atoms with Gasteiger partial charge in [0, 0.05) is 26.1 Å². The molecule has 5 nitrogen and oxygen atoms in total. The highest BCUT2D eigenvalue weighted by Crippen LogP contribution is 2.01. The summed E-state index contributed by atoms with van der Waals surface area (Å²) in [6, 6.07) is 9.80. The van der Waals surface area contributed by atoms with E-state index in [9.17, 15) is 9.59 Å². The number of nitrogens with zero attached hydrogens (tertiary/aromatic N) is 1. The van der Waals surface area contributed by atoms with E-state index in [-0.39, 0.29) is 12.3 Å². The minimum atomic E-state index is -0.447. The number of allylic oxidation sites excluding steroid dienone is 2. The topological polar surface area (TPSA) is 69.6 Å². The zero-order chi connectivity index (χ0) is 17.5. The summed E-state index contributed by atoms with van der Waals surface area (Å²) >= 11 is 0. The Kier molecular flexibility index (Phi) is 11.9. The van der Waals surface area contributed by atoms with Gasteiger partial charge in [-0.3, -0.25) is 14.8 Å². The summed E-state index contributed by atoms with van der Waals surface area (Å²) in [6.07, 6.45) is 7.57. The molecule has 5 heteroatoms. The molecule has 0 bridgehead atoms. The normalized spacial score (nSPS) is 10.3. The number of carbonyl (C=O) groups is 2. The first kappa shape index (κ1) is 20.6. The molecule has 0 aliphatic carbocycles. The zero-order valence-corrected chi connectivity index (χ0v) is 14.0. The van der Waals surface area contributed by atoms with Gasteiger partial charge in [-0.25, -0.2) is 5.48 Å². The molecule has 2 N–H and O–H groups in total. The minimum Gasteiger partial charge on any atom is -0.342 e. The number of hydrogen-bond donors (Lipinski definition) is 2. The lowest BCUT2D eigenvalue weighted by Crippen LogP contribution is -2.27. The van der Waals surface area contributed by atoms with Crippen LogP contribution in [0.1, 0.15) is 32.3 Å². The largest absolute Gasteiger partial charge is 0.342 e. The smallest absolute Gasteiger partial charge is 0.246 e. The van der Waals surface area contributed by atoms with Gasteiger partial charge < -0.3 is 4.90 Å². The summed E-state index contributed by atoms with van der Waals surface area (Å²) in [7, 11) is 1.67. The minimum absolute atomic E-state index is 0.128. The molecule has 0 aromatic heterocycles. The highest BCUT2D eigenvalue weighted by Gasteiger charge is 2.05. The van der Waals surface area contributed by atoms with Gasteiger partial charge >= 0.3 is 0 Å². The molecule has 0 aliphatic rings. The Morgan fingerprint density at radius 3 is 2.43 bits per heavy atom. The molecule has 0 radical (unpaired) electrons. The predicted octanol–water partition coefficient (Wildman–Crippen LogP) is 3.03. The first-order valence-corrected chi connectivity index (χ1v) is 7.71. The van der Waals surface area contributed by atoms with Crippen molar-refractivity contribution in [3.63, 3.8) is 0 Å². The maximum absolute atomic E-state index is 11.8. The molecule has 0 spiro atoms. The van der Waals surface area contributed by atoms with Crippen LogP contribution in [0.4, 0.5) is 0 Å². The summed E-state index contributed by atoms with van der Waals surface area (Å²) in [4.78, 5) is 24.1. The second kappa shape index (κ2) is 13.3. The van der Waals surface area contributed by atoms with Crippen molar-refractivity contribution in [2.24, 2.45) is 0 Å². The van der Waals surface area contributed by atoms with Crippen LogP contribution in [0.2, 0.25) is 0 Å². The van der Waals surface area contributed by atoms with Crippen LogP contribution < -0.4 is 5.48 Å². The first-order valence-electron chi connectivity index (χ1n) is 7.71. The van der Waals surface area contributed by atoms with E-state index in [1.54, 1.807) is 24.7 Å². The summed E-state index contributed by atoms with van der Waals surface area (Å²) in [5.41, 5.74) is 2.63. The monoisotopic (exact) mass is 318 g/mol. The third kappa shape index (κ3) is 10.0. The average molecular weight is 318 g/mol. The molecule has 1 aromatic rings. The Bertz CT molecular complexity index is 510. The van der Waals surface area contributed by atoms with Crippen LogP contribution in [0.25, 0.3) is 6.08 Å². The van der Waals surface area contributed by atoms with Crippen LogP contribution in [0, 0.1) is 0 Å². The standard InChI is InChI=1S/C16H20N2O3.C2H6/c1-18(13-7-11-15(19)17-21)16(20)12-6-5-10-14-8-3-2-4-9-14;1-2/h2-6,8-10,12,21H,7,11,13H2,1H3,(H,17,19);1-2H3/b10-5+,12-6+;. The summed E-state index contributed by atoms with van der Waals surface area (Å²) in [5.74, 6) is -0.575. The number of carbonyl (C=O) groups excluding carboxylic acids is 2. The van der Waals surface area contributed by atoms with E-state index >= 15 is 0 Å². The van der Waals surface area contributed by atoms with Gasteiger partial charge in [0.15, 0.2) is 0 Å². The van der Waals surface area contributed by atoms with Gasteiger partial charge in [-0.2, -0.15) is 0 Å². The second-order valence-electron chi connectivity index (χ2n) is 4.53. The van der Waals surface area contributed by atoms with Gasteiger partial charge in [-0.15, -0.1) is 0 Å². The van der Waals surface area contributed by atoms with Gasteiger partial charge in [-0.1, -0.05) is 62.4 Å². The van der Waals surface area contributed by atoms with E-state index in [1.165, 1.54) is 11.0 Å². The van der Waals surface area contributed by atoms with Crippen LogP contribution >= 0.6 is 0 Å². The molecule has 2 amide bonds. The van der Waals surface area contributed by atoms with Gasteiger partial charge in [-0.05, 0) is 12.0 Å². The van der Waals surface area contributed by atoms with Crippen LogP contribution in [0.5, 0.6) is 0 Å². The molecule has 23 heavy (non-hydrogen) atoms. The molecule has 0 atom stereocenters. The number of hydroxylamine groups is 1. The molecule has 1 aromatic carbocycles. The Labute approximate surface area is 138 Å². The van der Waals surface area contributed by atoms with Gasteiger partial charge in [0.1, 0.15) is 0 Å². The van der Waals surface area contributed by atoms with Crippen molar-refractivity contribution in [3.8, 4) is 0 Å². The summed E-state index contributed by atoms with van der Waals surface area (Å²) < 4.78 is 0. The van der Waals surface area contributed by atoms with Crippen molar-refractivity contribution < 1.29 is 14.8 Å². The fourth-order valence-electron chi connectivity index (χ4n) is 1.64. The quantitative estimate of drug-likeness (QED) is 0.351. The molecule has 126 valence electrons. The number of nitrogens with one attached hydrogen (secondary N) is 1. The van der Waals surface area contributed by atoms with E-state index in [0.717, 1.165) is 5.56 Å². The third-order valence-corrected chi connectivity index (χ3v) is 2.84. The Morgan fingerprint density at radius 1 is 1.17 bits per heavy atom. The summed E-state index contributed by atoms with van der Waals surface area (Å²) in [5, 5.41) is 8.35. The van der Waals surface area contributed by atoms with Crippen molar-refractivity contribution in [2.45, 2.75) is 26.7 Å². The van der Waals surface area contributed by atoms with Crippen molar-refractivity contribution >= 4 is 17.9 Å². The maximum Gasteiger partial charge on any atom is 0.246 e. The van der Waals surface area contributed by atoms with Crippen LogP contribution in [0.15, 0.2) is 48.6 Å². The van der Waals surface area contributed by atoms with Crippen LogP contribution in [0.3, 0.4) is 0 Å². The van der Waals surface area contributed by atoms with Crippen LogP contribution in [-0.4, -0.2) is 35.5 Å². The van der Waals surface area contributed by atoms with E-state index < -0.39 is 5.91 Å². The zero-order valence-electron chi connectivity index (χ0n) is 14.0. The highest BCUT2D eigenvalue weighted by molar-refractivity contribution is 5.87. The number of hydrogen-bond acceptors (Lipinski definition) is 3. The molecule has 1 rings (SSSR count). The fraction of sp³-hybridized carbons (Fsp3) is 0.333. The number of likely N-dealkylation sites (N-methyl/N-ethyl adjacent to an activating group) is 1. The molecule has 0 fully saturated rings. The maximum atomic E-state index is 11.8. The van der Waals surface area contributed by atoms with E-state index in [4.69, 9.17) is 5.21 Å². The SMILES string of the molecule is CC.CN(CCCC(=O)NO)C(=O)/C=C/C=C/c1ccccc1. The number of rotatable bonds is 7. The Morgan fingerprint density at radius 2 is 1.83 bits per heavy atom. The molecular weight excluding hydrogens is 292 g/mol. The van der Waals surface area contributed by atoms with Crippen molar-refractivity contribution in [2.75, 3.05) is 13.6 Å². The van der Waals surface area contributed by atoms with Crippen molar-refractivity contribution in [1.82, 2.24) is 10.4 Å². The molecular formula is C18H26N2O3. The molecule has 0 heterocycles. The highest BCUT2D eigenvalue weighted by atomic mass is 16.5. The Balaban J connectivity index is 0.00000232. The van der Waals surface area contributed by atoms with Gasteiger partial charge in [0.05, 0.1) is 0 Å². The van der Waals surface area contributed by atoms with Crippen molar-refractivity contribution in [3.05, 3.63) is 54.1 Å². The Hall–Kier alpha value is -2.40. The molecule has 0 saturated heterocycles. The van der Waals surface area contributed by atoms with E-state index in [0.29, 0.717) is 13.0 Å². The number of benzene rings is 1. The second-order valence-corrected chi connectivity index (χ2v) is 4.53. The lowest BCUT2D eigenvalue weighted by molar-refractivity contribution is -0.130. The first-order chi connectivity index (χ1) is 11.1. The third-order valence-electron chi connectivity index (χ3n) is 2.84. The predicted molar refractivity (Wildman–Crippen MR) is 92.8 cm³/mol.